The summed E-state index contributed by atoms with van der Waals surface area (Å²) < 4.78 is 6.85. The van der Waals surface area contributed by atoms with E-state index in [1.165, 1.54) is 0 Å². The summed E-state index contributed by atoms with van der Waals surface area (Å²) in [5.74, 6) is 0.544. The average molecular weight is 363 g/mol. The molecule has 1 saturated heterocycles. The molecule has 7 heteroatoms. The third kappa shape index (κ3) is 3.96. The number of piperidine rings is 1. The molecule has 3 rings (SSSR count). The third-order valence-corrected chi connectivity index (χ3v) is 4.84. The lowest BCUT2D eigenvalue weighted by atomic mass is 10.1. The van der Waals surface area contributed by atoms with Crippen molar-refractivity contribution in [2.24, 2.45) is 7.05 Å². The molecule has 1 aliphatic heterocycles. The van der Waals surface area contributed by atoms with Gasteiger partial charge in [0, 0.05) is 25.2 Å². The van der Waals surface area contributed by atoms with Crippen molar-refractivity contribution in [3.05, 3.63) is 35.0 Å². The van der Waals surface area contributed by atoms with Gasteiger partial charge in [-0.15, -0.1) is 0 Å². The zero-order valence-electron chi connectivity index (χ0n) is 14.8. The minimum absolute atomic E-state index is 0.146. The second-order valence-electron chi connectivity index (χ2n) is 6.46. The van der Waals surface area contributed by atoms with E-state index in [0.717, 1.165) is 37.2 Å². The van der Waals surface area contributed by atoms with Gasteiger partial charge in [0.1, 0.15) is 5.75 Å². The van der Waals surface area contributed by atoms with Gasteiger partial charge < -0.3 is 15.0 Å². The number of likely N-dealkylation sites (tertiary alicyclic amines) is 1. The third-order valence-electron chi connectivity index (χ3n) is 4.52. The Hall–Kier alpha value is -2.05. The zero-order chi connectivity index (χ0) is 18.0. The molecule has 6 nitrogen and oxygen atoms in total. The maximum Gasteiger partial charge on any atom is 0.272 e. The second-order valence-corrected chi connectivity index (χ2v) is 6.87. The number of hydrogen-bond acceptors (Lipinski definition) is 4. The average Bonchev–Trinajstić information content (AvgIpc) is 2.96. The summed E-state index contributed by atoms with van der Waals surface area (Å²) in [6, 6.07) is 7.40. The van der Waals surface area contributed by atoms with Crippen molar-refractivity contribution >= 4 is 17.5 Å². The molecule has 0 spiro atoms. The maximum absolute atomic E-state index is 12.5. The SMILES string of the molecule is COc1ccc(-c2cc(C(=O)N[C@@H]3CCCN(C)C3)nn2C)c(Cl)c1. The van der Waals surface area contributed by atoms with E-state index in [9.17, 15) is 4.79 Å². The first-order valence-electron chi connectivity index (χ1n) is 8.35. The Labute approximate surface area is 152 Å². The molecular weight excluding hydrogens is 340 g/mol. The normalized spacial score (nSPS) is 18.2. The number of benzene rings is 1. The summed E-state index contributed by atoms with van der Waals surface area (Å²) in [4.78, 5) is 14.8. The lowest BCUT2D eigenvalue weighted by Gasteiger charge is -2.29. The largest absolute Gasteiger partial charge is 0.497 e. The predicted molar refractivity (Wildman–Crippen MR) is 98.2 cm³/mol. The number of rotatable bonds is 4. The van der Waals surface area contributed by atoms with Gasteiger partial charge in [-0.05, 0) is 50.7 Å². The van der Waals surface area contributed by atoms with E-state index >= 15 is 0 Å². The molecule has 0 aliphatic carbocycles. The molecule has 0 saturated carbocycles. The molecule has 25 heavy (non-hydrogen) atoms. The van der Waals surface area contributed by atoms with Crippen LogP contribution < -0.4 is 10.1 Å². The summed E-state index contributed by atoms with van der Waals surface area (Å²) in [5, 5.41) is 8.00. The van der Waals surface area contributed by atoms with Gasteiger partial charge in [0.2, 0.25) is 0 Å². The predicted octanol–water partition coefficient (Wildman–Crippen LogP) is 2.57. The highest BCUT2D eigenvalue weighted by Gasteiger charge is 2.22. The van der Waals surface area contributed by atoms with Crippen LogP contribution >= 0.6 is 11.6 Å². The Balaban J connectivity index is 1.79. The molecule has 2 aromatic rings. The van der Waals surface area contributed by atoms with E-state index in [1.807, 2.05) is 12.1 Å². The second kappa shape index (κ2) is 7.45. The van der Waals surface area contributed by atoms with Crippen LogP contribution in [0.3, 0.4) is 0 Å². The molecule has 0 bridgehead atoms. The molecular formula is C18H23ClN4O2. The van der Waals surface area contributed by atoms with Gasteiger partial charge in [-0.25, -0.2) is 0 Å². The van der Waals surface area contributed by atoms with Crippen LogP contribution in [-0.2, 0) is 7.05 Å². The molecule has 1 amide bonds. The molecule has 1 aromatic carbocycles. The van der Waals surface area contributed by atoms with Gasteiger partial charge >= 0.3 is 0 Å². The number of nitrogens with one attached hydrogen (secondary N) is 1. The number of nitrogens with zero attached hydrogens (tertiary/aromatic N) is 3. The number of carbonyl (C=O) groups is 1. The van der Waals surface area contributed by atoms with Crippen LogP contribution in [0.5, 0.6) is 5.75 Å². The minimum atomic E-state index is -0.146. The van der Waals surface area contributed by atoms with Gasteiger partial charge in [0.15, 0.2) is 5.69 Å². The summed E-state index contributed by atoms with van der Waals surface area (Å²) in [6.45, 7) is 1.95. The number of carbonyl (C=O) groups excluding carboxylic acids is 1. The first-order chi connectivity index (χ1) is 12.0. The minimum Gasteiger partial charge on any atom is -0.497 e. The number of halogens is 1. The van der Waals surface area contributed by atoms with Crippen LogP contribution in [0, 0.1) is 0 Å². The number of aryl methyl sites for hydroxylation is 1. The summed E-state index contributed by atoms with van der Waals surface area (Å²) in [6.07, 6.45) is 2.09. The number of amides is 1. The van der Waals surface area contributed by atoms with Crippen molar-refractivity contribution in [3.8, 4) is 17.0 Å². The fraction of sp³-hybridized carbons (Fsp3) is 0.444. The number of hydrogen-bond donors (Lipinski definition) is 1. The maximum atomic E-state index is 12.5. The monoisotopic (exact) mass is 362 g/mol. The molecule has 2 heterocycles. The molecule has 1 atom stereocenters. The molecule has 1 N–H and O–H groups in total. The highest BCUT2D eigenvalue weighted by molar-refractivity contribution is 6.33. The topological polar surface area (TPSA) is 59.4 Å². The lowest BCUT2D eigenvalue weighted by Crippen LogP contribution is -2.46. The van der Waals surface area contributed by atoms with Crippen molar-refractivity contribution in [2.45, 2.75) is 18.9 Å². The van der Waals surface area contributed by atoms with Crippen molar-refractivity contribution in [3.63, 3.8) is 0 Å². The van der Waals surface area contributed by atoms with Gasteiger partial charge in [-0.1, -0.05) is 11.6 Å². The van der Waals surface area contributed by atoms with Crippen LogP contribution in [0.2, 0.25) is 5.02 Å². The van der Waals surface area contributed by atoms with Gasteiger partial charge in [-0.2, -0.15) is 5.10 Å². The van der Waals surface area contributed by atoms with E-state index in [2.05, 4.69) is 22.4 Å². The highest BCUT2D eigenvalue weighted by atomic mass is 35.5. The standard InChI is InChI=1S/C18H23ClN4O2/c1-22-8-4-5-12(11-22)20-18(24)16-10-17(23(2)21-16)14-7-6-13(25-3)9-15(14)19/h6-7,9-10,12H,4-5,8,11H2,1-3H3,(H,20,24)/t12-/m1/s1. The first kappa shape index (κ1) is 17.8. The van der Waals surface area contributed by atoms with E-state index in [1.54, 1.807) is 31.0 Å². The Bertz CT molecular complexity index is 774. The molecule has 134 valence electrons. The number of likely N-dealkylation sites (N-methyl/N-ethyl adjacent to an activating group) is 1. The number of aromatic nitrogens is 2. The van der Waals surface area contributed by atoms with Crippen molar-refractivity contribution in [1.82, 2.24) is 20.0 Å². The fourth-order valence-electron chi connectivity index (χ4n) is 3.20. The number of methoxy groups -OCH3 is 1. The van der Waals surface area contributed by atoms with Gasteiger partial charge in [0.25, 0.3) is 5.91 Å². The van der Waals surface area contributed by atoms with Crippen molar-refractivity contribution in [1.29, 1.82) is 0 Å². The van der Waals surface area contributed by atoms with E-state index < -0.39 is 0 Å². The van der Waals surface area contributed by atoms with Crippen molar-refractivity contribution < 1.29 is 9.53 Å². The quantitative estimate of drug-likeness (QED) is 0.908. The van der Waals surface area contributed by atoms with E-state index in [-0.39, 0.29) is 11.9 Å². The molecule has 1 aromatic heterocycles. The summed E-state index contributed by atoms with van der Waals surface area (Å²) in [5.41, 5.74) is 2.00. The molecule has 0 unspecified atom stereocenters. The first-order valence-corrected chi connectivity index (χ1v) is 8.73. The van der Waals surface area contributed by atoms with Crippen LogP contribution in [-0.4, -0.2) is 53.9 Å². The van der Waals surface area contributed by atoms with Crippen LogP contribution in [0.25, 0.3) is 11.3 Å². The van der Waals surface area contributed by atoms with Crippen LogP contribution in [0.15, 0.2) is 24.3 Å². The lowest BCUT2D eigenvalue weighted by molar-refractivity contribution is 0.0906. The zero-order valence-corrected chi connectivity index (χ0v) is 15.5. The summed E-state index contributed by atoms with van der Waals surface area (Å²) >= 11 is 6.35. The van der Waals surface area contributed by atoms with Gasteiger partial charge in [-0.3, -0.25) is 9.48 Å². The Morgan fingerprint density at radius 3 is 2.84 bits per heavy atom. The molecule has 0 radical (unpaired) electrons. The Morgan fingerprint density at radius 2 is 2.16 bits per heavy atom. The molecule has 1 fully saturated rings. The van der Waals surface area contributed by atoms with E-state index in [4.69, 9.17) is 16.3 Å². The van der Waals surface area contributed by atoms with Crippen LogP contribution in [0.4, 0.5) is 0 Å². The number of ether oxygens (including phenoxy) is 1. The van der Waals surface area contributed by atoms with Crippen LogP contribution in [0.1, 0.15) is 23.3 Å². The Kier molecular flexibility index (Phi) is 5.30. The summed E-state index contributed by atoms with van der Waals surface area (Å²) in [7, 11) is 5.48. The highest BCUT2D eigenvalue weighted by Crippen LogP contribution is 2.31. The van der Waals surface area contributed by atoms with E-state index in [0.29, 0.717) is 16.5 Å². The van der Waals surface area contributed by atoms with Gasteiger partial charge in [0.05, 0.1) is 17.8 Å². The fourth-order valence-corrected chi connectivity index (χ4v) is 3.47. The Morgan fingerprint density at radius 1 is 1.36 bits per heavy atom. The van der Waals surface area contributed by atoms with Crippen molar-refractivity contribution in [2.75, 3.05) is 27.2 Å². The smallest absolute Gasteiger partial charge is 0.272 e. The molecule has 1 aliphatic rings.